The lowest BCUT2D eigenvalue weighted by Crippen LogP contribution is -2.14. The van der Waals surface area contributed by atoms with Crippen LogP contribution in [0, 0.1) is 11.3 Å². The molecule has 0 bridgehead atoms. The number of anilines is 1. The number of nitrogens with zero attached hydrogens (tertiary/aromatic N) is 3. The van der Waals surface area contributed by atoms with E-state index in [0.29, 0.717) is 5.56 Å². The van der Waals surface area contributed by atoms with E-state index in [0.717, 1.165) is 0 Å². The zero-order valence-corrected chi connectivity index (χ0v) is 11.4. The Morgan fingerprint density at radius 2 is 2.21 bits per heavy atom. The summed E-state index contributed by atoms with van der Waals surface area (Å²) >= 11 is 5.85. The molecule has 0 aliphatic heterocycles. The van der Waals surface area contributed by atoms with Crippen LogP contribution in [0.4, 0.5) is 5.69 Å². The molecule has 98 valence electrons. The van der Waals surface area contributed by atoms with Crippen molar-refractivity contribution in [2.75, 3.05) is 4.72 Å². The number of benzene rings is 1. The van der Waals surface area contributed by atoms with Crippen LogP contribution in [-0.4, -0.2) is 18.0 Å². The minimum Gasteiger partial charge on any atom is -0.324 e. The van der Waals surface area contributed by atoms with Crippen molar-refractivity contribution in [3.63, 3.8) is 0 Å². The van der Waals surface area contributed by atoms with Crippen molar-refractivity contribution >= 4 is 27.3 Å². The van der Waals surface area contributed by atoms with Crippen LogP contribution in [-0.2, 0) is 17.1 Å². The zero-order chi connectivity index (χ0) is 14.0. The highest BCUT2D eigenvalue weighted by atomic mass is 35.5. The second kappa shape index (κ2) is 4.91. The molecule has 6 nitrogen and oxygen atoms in total. The third-order valence-corrected chi connectivity index (χ3v) is 4.20. The second-order valence-electron chi connectivity index (χ2n) is 3.75. The highest BCUT2D eigenvalue weighted by Gasteiger charge is 2.22. The molecule has 0 aliphatic carbocycles. The topological polar surface area (TPSA) is 87.8 Å². The highest BCUT2D eigenvalue weighted by Crippen LogP contribution is 2.22. The van der Waals surface area contributed by atoms with E-state index in [2.05, 4.69) is 9.71 Å². The molecule has 0 unspecified atom stereocenters. The molecule has 0 saturated heterocycles. The van der Waals surface area contributed by atoms with Gasteiger partial charge in [0, 0.05) is 7.05 Å². The summed E-state index contributed by atoms with van der Waals surface area (Å²) in [7, 11) is -2.28. The van der Waals surface area contributed by atoms with Crippen LogP contribution in [0.25, 0.3) is 0 Å². The first-order chi connectivity index (χ1) is 8.94. The van der Waals surface area contributed by atoms with E-state index in [-0.39, 0.29) is 15.9 Å². The van der Waals surface area contributed by atoms with Crippen LogP contribution in [0.3, 0.4) is 0 Å². The van der Waals surface area contributed by atoms with Gasteiger partial charge in [-0.2, -0.15) is 13.7 Å². The quantitative estimate of drug-likeness (QED) is 0.934. The van der Waals surface area contributed by atoms with Crippen LogP contribution in [0.5, 0.6) is 0 Å². The lowest BCUT2D eigenvalue weighted by Gasteiger charge is -2.06. The van der Waals surface area contributed by atoms with Crippen LogP contribution in [0.1, 0.15) is 5.56 Å². The molecule has 0 amide bonds. The van der Waals surface area contributed by atoms with Gasteiger partial charge in [-0.3, -0.25) is 4.72 Å². The van der Waals surface area contributed by atoms with Crippen molar-refractivity contribution in [2.45, 2.75) is 5.03 Å². The predicted octanol–water partition coefficient (Wildman–Crippen LogP) is 1.75. The summed E-state index contributed by atoms with van der Waals surface area (Å²) in [5, 5.41) is 8.53. The number of hydrogen-bond donors (Lipinski definition) is 1. The molecule has 1 aromatic carbocycles. The molecule has 2 rings (SSSR count). The third-order valence-electron chi connectivity index (χ3n) is 2.33. The maximum atomic E-state index is 12.1. The molecular formula is C11H9ClN4O2S. The fourth-order valence-corrected chi connectivity index (χ4v) is 2.91. The number of imidazole rings is 1. The van der Waals surface area contributed by atoms with Gasteiger partial charge in [-0.15, -0.1) is 0 Å². The van der Waals surface area contributed by atoms with E-state index in [9.17, 15) is 8.42 Å². The lowest BCUT2D eigenvalue weighted by molar-refractivity contribution is 0.598. The Bertz CT molecular complexity index is 761. The van der Waals surface area contributed by atoms with E-state index in [1.165, 1.54) is 23.0 Å². The Hall–Kier alpha value is -2.04. The average Bonchev–Trinajstić information content (AvgIpc) is 2.70. The van der Waals surface area contributed by atoms with Gasteiger partial charge in [0.05, 0.1) is 23.6 Å². The minimum atomic E-state index is -3.87. The van der Waals surface area contributed by atoms with Crippen molar-refractivity contribution in [1.29, 1.82) is 5.26 Å². The van der Waals surface area contributed by atoms with Crippen molar-refractivity contribution in [3.8, 4) is 6.07 Å². The number of aromatic nitrogens is 2. The molecule has 1 N–H and O–H groups in total. The molecular weight excluding hydrogens is 288 g/mol. The van der Waals surface area contributed by atoms with Gasteiger partial charge in [0.2, 0.25) is 5.03 Å². The number of hydrogen-bond acceptors (Lipinski definition) is 4. The van der Waals surface area contributed by atoms with Crippen LogP contribution in [0.2, 0.25) is 5.15 Å². The molecule has 0 spiro atoms. The van der Waals surface area contributed by atoms with E-state index >= 15 is 0 Å². The van der Waals surface area contributed by atoms with Crippen LogP contribution < -0.4 is 4.72 Å². The predicted molar refractivity (Wildman–Crippen MR) is 70.2 cm³/mol. The molecule has 1 heterocycles. The van der Waals surface area contributed by atoms with Crippen molar-refractivity contribution in [3.05, 3.63) is 41.3 Å². The molecule has 0 aliphatic rings. The number of nitriles is 1. The summed E-state index contributed by atoms with van der Waals surface area (Å²) in [4.78, 5) is 3.74. The molecule has 0 atom stereocenters. The minimum absolute atomic E-state index is 0.0175. The number of halogens is 1. The van der Waals surface area contributed by atoms with Crippen molar-refractivity contribution in [2.24, 2.45) is 7.05 Å². The number of rotatable bonds is 3. The molecule has 0 fully saturated rings. The molecule has 0 radical (unpaired) electrons. The summed E-state index contributed by atoms with van der Waals surface area (Å²) < 4.78 is 27.9. The van der Waals surface area contributed by atoms with E-state index in [4.69, 9.17) is 16.9 Å². The Balaban J connectivity index is 2.37. The fourth-order valence-electron chi connectivity index (χ4n) is 1.43. The van der Waals surface area contributed by atoms with Gasteiger partial charge in [-0.25, -0.2) is 4.98 Å². The van der Waals surface area contributed by atoms with Gasteiger partial charge < -0.3 is 4.57 Å². The zero-order valence-electron chi connectivity index (χ0n) is 9.83. The van der Waals surface area contributed by atoms with Gasteiger partial charge in [-0.05, 0) is 18.2 Å². The Morgan fingerprint density at radius 1 is 1.47 bits per heavy atom. The molecule has 2 aromatic rings. The summed E-state index contributed by atoms with van der Waals surface area (Å²) in [6, 6.07) is 8.04. The molecule has 19 heavy (non-hydrogen) atoms. The largest absolute Gasteiger partial charge is 0.324 e. The summed E-state index contributed by atoms with van der Waals surface area (Å²) in [5.41, 5.74) is 0.632. The molecule has 1 aromatic heterocycles. The first kappa shape index (κ1) is 13.4. The van der Waals surface area contributed by atoms with E-state index in [1.54, 1.807) is 19.2 Å². The fraction of sp³-hybridized carbons (Fsp3) is 0.0909. The smallest absolute Gasteiger partial charge is 0.282 e. The van der Waals surface area contributed by atoms with Gasteiger partial charge in [-0.1, -0.05) is 17.7 Å². The van der Waals surface area contributed by atoms with E-state index in [1.807, 2.05) is 6.07 Å². The third kappa shape index (κ3) is 2.70. The SMILES string of the molecule is Cn1cnc(S(=O)(=O)Nc2cccc(C#N)c2)c1Cl. The molecule has 0 saturated carbocycles. The number of nitrogens with one attached hydrogen (secondary N) is 1. The first-order valence-electron chi connectivity index (χ1n) is 5.14. The molecule has 8 heteroatoms. The first-order valence-corrected chi connectivity index (χ1v) is 7.00. The number of aryl methyl sites for hydroxylation is 1. The number of sulfonamides is 1. The Labute approximate surface area is 115 Å². The van der Waals surface area contributed by atoms with Gasteiger partial charge in [0.15, 0.2) is 0 Å². The summed E-state index contributed by atoms with van der Waals surface area (Å²) in [6.45, 7) is 0. The van der Waals surface area contributed by atoms with Gasteiger partial charge in [0.25, 0.3) is 10.0 Å². The average molecular weight is 297 g/mol. The highest BCUT2D eigenvalue weighted by molar-refractivity contribution is 7.92. The van der Waals surface area contributed by atoms with Crippen LogP contribution in [0.15, 0.2) is 35.6 Å². The Morgan fingerprint density at radius 3 is 2.79 bits per heavy atom. The van der Waals surface area contributed by atoms with Gasteiger partial charge >= 0.3 is 0 Å². The summed E-state index contributed by atoms with van der Waals surface area (Å²) in [5.74, 6) is 0. The monoisotopic (exact) mass is 296 g/mol. The van der Waals surface area contributed by atoms with Gasteiger partial charge in [0.1, 0.15) is 5.15 Å². The van der Waals surface area contributed by atoms with Crippen LogP contribution >= 0.6 is 11.6 Å². The van der Waals surface area contributed by atoms with Crippen molar-refractivity contribution in [1.82, 2.24) is 9.55 Å². The normalized spacial score (nSPS) is 11.0. The van der Waals surface area contributed by atoms with Crippen molar-refractivity contribution < 1.29 is 8.42 Å². The lowest BCUT2D eigenvalue weighted by atomic mass is 10.2. The van der Waals surface area contributed by atoms with E-state index < -0.39 is 10.0 Å². The Kier molecular flexibility index (Phi) is 3.46. The summed E-state index contributed by atoms with van der Waals surface area (Å²) in [6.07, 6.45) is 1.31. The maximum Gasteiger partial charge on any atom is 0.282 e. The standard InChI is InChI=1S/C11H9ClN4O2S/c1-16-7-14-11(10(16)12)19(17,18)15-9-4-2-3-8(5-9)6-13/h2-5,7,15H,1H3. The second-order valence-corrected chi connectivity index (χ2v) is 5.71. The maximum absolute atomic E-state index is 12.1.